The number of phenolic OH excluding ortho intramolecular Hbond substituents is 1. The summed E-state index contributed by atoms with van der Waals surface area (Å²) in [5, 5.41) is 50.9. The number of aromatic amines is 2. The number of nitrogens with zero attached hydrogens (tertiary/aromatic N) is 2. The number of ether oxygens (including phenoxy) is 1. The predicted octanol–water partition coefficient (Wildman–Crippen LogP) is -2.17. The van der Waals surface area contributed by atoms with E-state index in [0.717, 1.165) is 38.8 Å². The second kappa shape index (κ2) is 18.3. The van der Waals surface area contributed by atoms with Gasteiger partial charge in [0.1, 0.15) is 35.8 Å². The molecule has 3 heterocycles. The average molecular weight is 806 g/mol. The molecule has 12 N–H and O–H groups in total. The summed E-state index contributed by atoms with van der Waals surface area (Å²) < 4.78 is 6.33. The molecule has 5 amide bonds. The van der Waals surface area contributed by atoms with Crippen LogP contribution < -0.4 is 38.2 Å². The number of aromatic nitrogens is 3. The Labute approximate surface area is 328 Å². The fraction of sp³-hybridized carbons (Fsp3) is 0.324. The second-order valence-corrected chi connectivity index (χ2v) is 13.5. The molecule has 2 aromatic carbocycles. The van der Waals surface area contributed by atoms with Gasteiger partial charge in [0.05, 0.1) is 18.6 Å². The van der Waals surface area contributed by atoms with E-state index in [1.165, 1.54) is 26.1 Å². The molecule has 1 fully saturated rings. The Kier molecular flexibility index (Phi) is 13.3. The van der Waals surface area contributed by atoms with Crippen LogP contribution in [0.3, 0.4) is 0 Å². The molecule has 0 aliphatic carbocycles. The van der Waals surface area contributed by atoms with E-state index in [2.05, 4.69) is 26.3 Å². The van der Waals surface area contributed by atoms with Gasteiger partial charge in [0.2, 0.25) is 23.9 Å². The van der Waals surface area contributed by atoms with Crippen LogP contribution >= 0.6 is 0 Å². The Morgan fingerprint density at radius 1 is 1.03 bits per heavy atom. The number of likely N-dealkylation sites (N-methyl/N-ethyl adjacent to an activating group) is 1. The molecule has 1 saturated heterocycles. The fourth-order valence-electron chi connectivity index (χ4n) is 6.23. The number of carbonyl (C=O) groups is 5. The SMILES string of the molecule is C[C@@H]([C@H](NC(=O)CNC(=O)N[C@@H](Cc1c[nH]c2ccccc12)C(=O)O)C(=O)N/C=C1\O[C@@H](n2ccc(=O)[nH]c2=O)[C@H](O)[C@@H]1O)N(C)C(=O)[C@@H](N)Cc1cccc(O)c1. The number of nitrogens with two attached hydrogens (primary N) is 1. The van der Waals surface area contributed by atoms with Gasteiger partial charge >= 0.3 is 17.7 Å². The number of carboxylic acids is 1. The highest BCUT2D eigenvalue weighted by Gasteiger charge is 2.42. The Balaban J connectivity index is 1.28. The van der Waals surface area contributed by atoms with Crippen molar-refractivity contribution >= 4 is 40.6 Å². The van der Waals surface area contributed by atoms with Gasteiger partial charge in [-0.1, -0.05) is 30.3 Å². The van der Waals surface area contributed by atoms with Gasteiger partial charge in [-0.3, -0.25) is 28.7 Å². The number of rotatable bonds is 15. The van der Waals surface area contributed by atoms with Gasteiger partial charge < -0.3 is 62.0 Å². The van der Waals surface area contributed by atoms with Crippen molar-refractivity contribution in [3.8, 4) is 5.75 Å². The molecule has 0 saturated carbocycles. The van der Waals surface area contributed by atoms with Crippen molar-refractivity contribution in [2.24, 2.45) is 5.73 Å². The van der Waals surface area contributed by atoms with Gasteiger partial charge in [-0.05, 0) is 42.7 Å². The number of aliphatic carboxylic acids is 1. The summed E-state index contributed by atoms with van der Waals surface area (Å²) in [5.74, 6) is -4.34. The van der Waals surface area contributed by atoms with Crippen LogP contribution in [-0.2, 0) is 36.8 Å². The second-order valence-electron chi connectivity index (χ2n) is 13.5. The zero-order valence-electron chi connectivity index (χ0n) is 31.1. The topological polar surface area (TPSA) is 324 Å². The van der Waals surface area contributed by atoms with Crippen molar-refractivity contribution in [2.75, 3.05) is 13.6 Å². The maximum Gasteiger partial charge on any atom is 0.331 e. The lowest BCUT2D eigenvalue weighted by Crippen LogP contribution is -2.60. The van der Waals surface area contributed by atoms with Crippen LogP contribution in [0.15, 0.2) is 88.5 Å². The summed E-state index contributed by atoms with van der Waals surface area (Å²) in [7, 11) is 1.33. The van der Waals surface area contributed by atoms with Gasteiger partial charge in [-0.15, -0.1) is 0 Å². The number of hydrogen-bond donors (Lipinski definition) is 11. The minimum absolute atomic E-state index is 0.00734. The van der Waals surface area contributed by atoms with E-state index in [1.54, 1.807) is 36.5 Å². The Morgan fingerprint density at radius 3 is 2.48 bits per heavy atom. The molecule has 2 aromatic heterocycles. The average Bonchev–Trinajstić information content (AvgIpc) is 3.72. The summed E-state index contributed by atoms with van der Waals surface area (Å²) in [5.41, 5.74) is 6.48. The number of nitrogens with one attached hydrogen (secondary N) is 6. The minimum atomic E-state index is -1.76. The van der Waals surface area contributed by atoms with Gasteiger partial charge in [0, 0.05) is 49.0 Å². The number of aliphatic hydroxyl groups is 2. The molecule has 21 heteroatoms. The first-order valence-electron chi connectivity index (χ1n) is 17.8. The van der Waals surface area contributed by atoms with Crippen molar-refractivity contribution in [1.29, 1.82) is 0 Å². The van der Waals surface area contributed by atoms with Crippen LogP contribution in [0.25, 0.3) is 10.9 Å². The number of phenols is 1. The summed E-state index contributed by atoms with van der Waals surface area (Å²) in [6.07, 6.45) is -1.53. The Bertz CT molecular complexity index is 2320. The number of aromatic hydroxyl groups is 1. The smallest absolute Gasteiger partial charge is 0.331 e. The highest BCUT2D eigenvalue weighted by Crippen LogP contribution is 2.30. The summed E-state index contributed by atoms with van der Waals surface area (Å²) in [6, 6.07) is 8.03. The first kappa shape index (κ1) is 42.2. The van der Waals surface area contributed by atoms with E-state index in [9.17, 15) is 54.0 Å². The zero-order valence-corrected chi connectivity index (χ0v) is 31.1. The third kappa shape index (κ3) is 10.1. The van der Waals surface area contributed by atoms with Crippen molar-refractivity contribution < 1.29 is 49.1 Å². The maximum absolute atomic E-state index is 13.7. The number of aliphatic hydroxyl groups excluding tert-OH is 2. The number of benzene rings is 2. The molecule has 1 aliphatic rings. The number of amides is 5. The molecule has 21 nitrogen and oxygen atoms in total. The zero-order chi connectivity index (χ0) is 42.3. The number of hydrogen-bond acceptors (Lipinski definition) is 12. The molecular formula is C37H43N9O12. The lowest BCUT2D eigenvalue weighted by Gasteiger charge is -2.33. The number of carbonyl (C=O) groups excluding carboxylic acids is 4. The molecular weight excluding hydrogens is 762 g/mol. The van der Waals surface area contributed by atoms with E-state index < -0.39 is 95.9 Å². The van der Waals surface area contributed by atoms with E-state index in [4.69, 9.17) is 10.5 Å². The van der Waals surface area contributed by atoms with Crippen molar-refractivity contribution in [2.45, 2.75) is 62.4 Å². The molecule has 1 aliphatic heterocycles. The molecule has 308 valence electrons. The maximum atomic E-state index is 13.7. The third-order valence-electron chi connectivity index (χ3n) is 9.48. The quantitative estimate of drug-likeness (QED) is 0.0610. The number of para-hydroxylation sites is 1. The normalized spacial score (nSPS) is 19.0. The van der Waals surface area contributed by atoms with E-state index >= 15 is 0 Å². The molecule has 0 radical (unpaired) electrons. The predicted molar refractivity (Wildman–Crippen MR) is 204 cm³/mol. The Hall–Kier alpha value is -6.97. The summed E-state index contributed by atoms with van der Waals surface area (Å²) in [4.78, 5) is 95.1. The highest BCUT2D eigenvalue weighted by atomic mass is 16.6. The van der Waals surface area contributed by atoms with E-state index in [1.807, 2.05) is 11.1 Å². The number of carboxylic acid groups (broad SMARTS) is 1. The Morgan fingerprint density at radius 2 is 1.78 bits per heavy atom. The van der Waals surface area contributed by atoms with Gasteiger partial charge in [-0.25, -0.2) is 14.4 Å². The molecule has 0 spiro atoms. The number of fused-ring (bicyclic) bond motifs is 1. The monoisotopic (exact) mass is 805 g/mol. The molecule has 7 atom stereocenters. The van der Waals surface area contributed by atoms with E-state index in [-0.39, 0.29) is 18.6 Å². The van der Waals surface area contributed by atoms with Crippen LogP contribution in [0.5, 0.6) is 5.75 Å². The third-order valence-corrected chi connectivity index (χ3v) is 9.48. The largest absolute Gasteiger partial charge is 0.508 e. The highest BCUT2D eigenvalue weighted by molar-refractivity contribution is 5.92. The van der Waals surface area contributed by atoms with Crippen molar-refractivity contribution in [3.05, 3.63) is 111 Å². The fourth-order valence-corrected chi connectivity index (χ4v) is 6.23. The van der Waals surface area contributed by atoms with Crippen LogP contribution in [0.2, 0.25) is 0 Å². The first-order chi connectivity index (χ1) is 27.5. The lowest BCUT2D eigenvalue weighted by molar-refractivity contribution is -0.139. The van der Waals surface area contributed by atoms with Crippen molar-refractivity contribution in [3.63, 3.8) is 0 Å². The summed E-state index contributed by atoms with van der Waals surface area (Å²) in [6.45, 7) is 0.670. The van der Waals surface area contributed by atoms with Gasteiger partial charge in [0.15, 0.2) is 0 Å². The molecule has 5 rings (SSSR count). The van der Waals surface area contributed by atoms with Crippen LogP contribution in [-0.4, -0.2) is 120 Å². The standard InChI is InChI=1S/C37H43N9O12/c1-18(45(2)33(53)23(38)13-19-6-5-7-21(47)12-19)29(32(52)40-16-26-30(50)31(51)34(58-26)46-11-10-27(48)44-37(46)57)43-28(49)17-41-36(56)42-25(35(54)55)14-20-15-39-24-9-4-3-8-22(20)24/h3-12,15-16,18,23,25,29-31,34,39,47,50-51H,13-14,17,38H2,1-2H3,(H,40,52)(H,43,49)(H,54,55)(H2,41,42,56)(H,44,48,57)/b26-16-/t18-,23-,25-,29-,30+,31+,34+/m0/s1. The van der Waals surface area contributed by atoms with E-state index in [0.29, 0.717) is 11.1 Å². The van der Waals surface area contributed by atoms with Crippen LogP contribution in [0.1, 0.15) is 24.3 Å². The minimum Gasteiger partial charge on any atom is -0.508 e. The summed E-state index contributed by atoms with van der Waals surface area (Å²) >= 11 is 0. The lowest BCUT2D eigenvalue weighted by atomic mass is 10.0. The molecule has 0 unspecified atom stereocenters. The van der Waals surface area contributed by atoms with Crippen LogP contribution in [0, 0.1) is 0 Å². The molecule has 0 bridgehead atoms. The molecule has 4 aromatic rings. The van der Waals surface area contributed by atoms with Gasteiger partial charge in [-0.2, -0.15) is 0 Å². The first-order valence-corrected chi connectivity index (χ1v) is 17.8. The van der Waals surface area contributed by atoms with Crippen molar-refractivity contribution in [1.82, 2.24) is 40.7 Å². The van der Waals surface area contributed by atoms with Crippen LogP contribution in [0.4, 0.5) is 4.79 Å². The number of H-pyrrole nitrogens is 2. The number of urea groups is 1. The van der Waals surface area contributed by atoms with Gasteiger partial charge in [0.25, 0.3) is 5.56 Å². The molecule has 58 heavy (non-hydrogen) atoms.